The Morgan fingerprint density at radius 2 is 2.00 bits per heavy atom. The zero-order valence-electron chi connectivity index (χ0n) is 9.47. The van der Waals surface area contributed by atoms with Crippen molar-refractivity contribution in [1.29, 1.82) is 0 Å². The van der Waals surface area contributed by atoms with Crippen molar-refractivity contribution in [1.82, 2.24) is 0 Å². The molecule has 0 heteroatoms. The molecule has 0 aromatic heterocycles. The van der Waals surface area contributed by atoms with Crippen LogP contribution in [0.2, 0.25) is 0 Å². The van der Waals surface area contributed by atoms with Gasteiger partial charge < -0.3 is 0 Å². The average Bonchev–Trinajstić information content (AvgIpc) is 2.59. The predicted octanol–water partition coefficient (Wildman–Crippen LogP) is 4.25. The van der Waals surface area contributed by atoms with E-state index in [1.165, 1.54) is 25.7 Å². The summed E-state index contributed by atoms with van der Waals surface area (Å²) >= 11 is 0. The summed E-state index contributed by atoms with van der Waals surface area (Å²) in [6, 6.07) is 0. The van der Waals surface area contributed by atoms with Gasteiger partial charge in [-0.15, -0.1) is 0 Å². The van der Waals surface area contributed by atoms with E-state index in [0.29, 0.717) is 0 Å². The third-order valence-electron chi connectivity index (χ3n) is 5.18. The van der Waals surface area contributed by atoms with Crippen LogP contribution in [0.25, 0.3) is 0 Å². The van der Waals surface area contributed by atoms with Crippen molar-refractivity contribution in [2.75, 3.05) is 0 Å². The molecule has 0 heterocycles. The molecule has 0 radical (unpaired) electrons. The largest absolute Gasteiger partial charge is 0.0654 e. The van der Waals surface area contributed by atoms with Crippen LogP contribution in [0.5, 0.6) is 0 Å². The van der Waals surface area contributed by atoms with Gasteiger partial charge in [-0.05, 0) is 42.4 Å². The molecule has 2 bridgehead atoms. The molecule has 4 atom stereocenters. The maximum atomic E-state index is 2.56. The molecule has 0 nitrogen and oxygen atoms in total. The summed E-state index contributed by atoms with van der Waals surface area (Å²) in [6.45, 7) is 7.31. The number of hydrogen-bond acceptors (Lipinski definition) is 0. The van der Waals surface area contributed by atoms with Crippen molar-refractivity contribution in [3.63, 3.8) is 0 Å². The molecule has 2 fully saturated rings. The Kier molecular flexibility index (Phi) is 2.42. The summed E-state index contributed by atoms with van der Waals surface area (Å²) in [4.78, 5) is 0. The van der Waals surface area contributed by atoms with E-state index in [0.717, 1.165) is 23.2 Å². The van der Waals surface area contributed by atoms with Crippen LogP contribution in [0.15, 0.2) is 0 Å². The van der Waals surface area contributed by atoms with Gasteiger partial charge in [0.15, 0.2) is 0 Å². The molecule has 76 valence electrons. The zero-order chi connectivity index (χ0) is 9.47. The second-order valence-electron chi connectivity index (χ2n) is 5.52. The van der Waals surface area contributed by atoms with Gasteiger partial charge in [-0.1, -0.05) is 40.0 Å². The number of fused-ring (bicyclic) bond motifs is 2. The van der Waals surface area contributed by atoms with Crippen LogP contribution in [0.4, 0.5) is 0 Å². The summed E-state index contributed by atoms with van der Waals surface area (Å²) in [5.74, 6) is 3.26. The lowest BCUT2D eigenvalue weighted by atomic mass is 9.75. The lowest BCUT2D eigenvalue weighted by molar-refractivity contribution is 0.193. The Balaban J connectivity index is 2.10. The Hall–Kier alpha value is 0. The first-order chi connectivity index (χ1) is 6.22. The van der Waals surface area contributed by atoms with Gasteiger partial charge in [0.05, 0.1) is 0 Å². The maximum absolute atomic E-state index is 2.56. The number of hydrogen-bond donors (Lipinski definition) is 0. The standard InChI is InChI=1S/C13H24/c1-4-6-10-9-11-7-8-12(10)13(11,3)5-2/h10-12H,4-9H2,1-3H3. The molecule has 2 aliphatic carbocycles. The van der Waals surface area contributed by atoms with Gasteiger partial charge in [0.1, 0.15) is 0 Å². The van der Waals surface area contributed by atoms with E-state index in [1.54, 1.807) is 12.8 Å². The summed E-state index contributed by atoms with van der Waals surface area (Å²) in [6.07, 6.45) is 8.95. The summed E-state index contributed by atoms with van der Waals surface area (Å²) < 4.78 is 0. The second-order valence-corrected chi connectivity index (χ2v) is 5.52. The maximum Gasteiger partial charge on any atom is -0.0269 e. The first-order valence-electron chi connectivity index (χ1n) is 6.22. The molecule has 0 saturated heterocycles. The van der Waals surface area contributed by atoms with Crippen LogP contribution in [-0.2, 0) is 0 Å². The zero-order valence-corrected chi connectivity index (χ0v) is 9.47. The Bertz CT molecular complexity index is 184. The minimum atomic E-state index is 0.736. The van der Waals surface area contributed by atoms with Crippen molar-refractivity contribution >= 4 is 0 Å². The molecule has 13 heavy (non-hydrogen) atoms. The molecule has 2 saturated carbocycles. The fraction of sp³-hybridized carbons (Fsp3) is 1.00. The fourth-order valence-electron chi connectivity index (χ4n) is 4.27. The number of rotatable bonds is 3. The van der Waals surface area contributed by atoms with Crippen LogP contribution in [0, 0.1) is 23.2 Å². The van der Waals surface area contributed by atoms with Gasteiger partial charge >= 0.3 is 0 Å². The van der Waals surface area contributed by atoms with Crippen LogP contribution >= 0.6 is 0 Å². The van der Waals surface area contributed by atoms with Crippen LogP contribution in [-0.4, -0.2) is 0 Å². The topological polar surface area (TPSA) is 0 Å². The molecule has 0 aliphatic heterocycles. The predicted molar refractivity (Wildman–Crippen MR) is 57.6 cm³/mol. The third-order valence-corrected chi connectivity index (χ3v) is 5.18. The van der Waals surface area contributed by atoms with E-state index in [1.807, 2.05) is 0 Å². The Morgan fingerprint density at radius 3 is 2.54 bits per heavy atom. The van der Waals surface area contributed by atoms with Gasteiger partial charge in [0.2, 0.25) is 0 Å². The molecule has 0 spiro atoms. The van der Waals surface area contributed by atoms with Crippen LogP contribution in [0.1, 0.15) is 59.3 Å². The lowest BCUT2D eigenvalue weighted by Gasteiger charge is -2.30. The average molecular weight is 180 g/mol. The molecule has 0 N–H and O–H groups in total. The summed E-state index contributed by atoms with van der Waals surface area (Å²) in [7, 11) is 0. The van der Waals surface area contributed by atoms with E-state index in [2.05, 4.69) is 20.8 Å². The lowest BCUT2D eigenvalue weighted by Crippen LogP contribution is -2.22. The highest BCUT2D eigenvalue weighted by molar-refractivity contribution is 5.03. The normalized spacial score (nSPS) is 48.7. The summed E-state index contributed by atoms with van der Waals surface area (Å²) in [5.41, 5.74) is 0.736. The molecule has 0 aromatic carbocycles. The smallest absolute Gasteiger partial charge is 0.0269 e. The highest BCUT2D eigenvalue weighted by atomic mass is 14.6. The van der Waals surface area contributed by atoms with Crippen molar-refractivity contribution in [2.24, 2.45) is 23.2 Å². The van der Waals surface area contributed by atoms with Gasteiger partial charge in [-0.25, -0.2) is 0 Å². The first kappa shape index (κ1) is 9.55. The summed E-state index contributed by atoms with van der Waals surface area (Å²) in [5, 5.41) is 0. The molecular formula is C13H24. The SMILES string of the molecule is CCCC1CC2CCC1C2(C)CC. The molecular weight excluding hydrogens is 156 g/mol. The third kappa shape index (κ3) is 1.25. The van der Waals surface area contributed by atoms with E-state index in [4.69, 9.17) is 0 Å². The van der Waals surface area contributed by atoms with Gasteiger partial charge in [-0.3, -0.25) is 0 Å². The minimum Gasteiger partial charge on any atom is -0.0654 e. The van der Waals surface area contributed by atoms with Crippen molar-refractivity contribution < 1.29 is 0 Å². The molecule has 0 amide bonds. The van der Waals surface area contributed by atoms with Crippen molar-refractivity contribution in [2.45, 2.75) is 59.3 Å². The van der Waals surface area contributed by atoms with E-state index < -0.39 is 0 Å². The van der Waals surface area contributed by atoms with Gasteiger partial charge in [0.25, 0.3) is 0 Å². The van der Waals surface area contributed by atoms with Crippen LogP contribution in [0.3, 0.4) is 0 Å². The van der Waals surface area contributed by atoms with Gasteiger partial charge in [0, 0.05) is 0 Å². The van der Waals surface area contributed by atoms with E-state index in [-0.39, 0.29) is 0 Å². The first-order valence-corrected chi connectivity index (χ1v) is 6.22. The van der Waals surface area contributed by atoms with E-state index in [9.17, 15) is 0 Å². The Labute approximate surface area is 83.1 Å². The molecule has 2 aliphatic rings. The minimum absolute atomic E-state index is 0.736. The van der Waals surface area contributed by atoms with Crippen molar-refractivity contribution in [3.8, 4) is 0 Å². The molecule has 0 aromatic rings. The fourth-order valence-corrected chi connectivity index (χ4v) is 4.27. The monoisotopic (exact) mass is 180 g/mol. The second kappa shape index (κ2) is 3.29. The molecule has 2 rings (SSSR count). The quantitative estimate of drug-likeness (QED) is 0.609. The highest BCUT2D eigenvalue weighted by Gasteiger charge is 2.53. The Morgan fingerprint density at radius 1 is 1.23 bits per heavy atom. The van der Waals surface area contributed by atoms with Crippen LogP contribution < -0.4 is 0 Å². The van der Waals surface area contributed by atoms with E-state index >= 15 is 0 Å². The van der Waals surface area contributed by atoms with Gasteiger partial charge in [-0.2, -0.15) is 0 Å². The molecule has 4 unspecified atom stereocenters. The van der Waals surface area contributed by atoms with Crippen molar-refractivity contribution in [3.05, 3.63) is 0 Å². The highest BCUT2D eigenvalue weighted by Crippen LogP contribution is 2.62.